The summed E-state index contributed by atoms with van der Waals surface area (Å²) in [6.45, 7) is 10.3. The molecule has 1 aliphatic heterocycles. The Hall–Kier alpha value is -2.35. The number of nitrogens with zero attached hydrogens (tertiary/aromatic N) is 3. The SMILES string of the molecule is CC(C)C(C#N)(CCCN1CCN(Cc2ccccc2O)CC1)c1ccccc1. The van der Waals surface area contributed by atoms with Crippen molar-refractivity contribution in [2.45, 2.75) is 38.6 Å². The van der Waals surface area contributed by atoms with Crippen LogP contribution in [0, 0.1) is 17.2 Å². The van der Waals surface area contributed by atoms with Crippen LogP contribution in [0.25, 0.3) is 0 Å². The summed E-state index contributed by atoms with van der Waals surface area (Å²) in [6, 6.07) is 20.5. The fraction of sp³-hybridized carbons (Fsp3) is 0.480. The van der Waals surface area contributed by atoms with Gasteiger partial charge >= 0.3 is 0 Å². The highest BCUT2D eigenvalue weighted by atomic mass is 16.3. The summed E-state index contributed by atoms with van der Waals surface area (Å²) in [5, 5.41) is 20.0. The number of hydrogen-bond donors (Lipinski definition) is 1. The van der Waals surface area contributed by atoms with Gasteiger partial charge in [-0.25, -0.2) is 0 Å². The summed E-state index contributed by atoms with van der Waals surface area (Å²) in [5.74, 6) is 0.669. The molecular weight excluding hydrogens is 358 g/mol. The van der Waals surface area contributed by atoms with Crippen LogP contribution in [0.5, 0.6) is 5.75 Å². The summed E-state index contributed by atoms with van der Waals surface area (Å²) in [5.41, 5.74) is 1.73. The van der Waals surface area contributed by atoms with Crippen molar-refractivity contribution in [1.29, 1.82) is 5.26 Å². The van der Waals surface area contributed by atoms with Gasteiger partial charge in [0.1, 0.15) is 5.75 Å². The summed E-state index contributed by atoms with van der Waals surface area (Å²) in [6.07, 6.45) is 1.92. The molecule has 2 aromatic rings. The average molecular weight is 392 g/mol. The molecule has 1 aliphatic rings. The lowest BCUT2D eigenvalue weighted by Crippen LogP contribution is -2.46. The van der Waals surface area contributed by atoms with Crippen molar-refractivity contribution in [1.82, 2.24) is 9.80 Å². The third-order valence-corrected chi connectivity index (χ3v) is 6.37. The molecule has 2 aromatic carbocycles. The van der Waals surface area contributed by atoms with Gasteiger partial charge in [0.15, 0.2) is 0 Å². The molecule has 1 unspecified atom stereocenters. The lowest BCUT2D eigenvalue weighted by atomic mass is 9.70. The topological polar surface area (TPSA) is 50.5 Å². The number of aromatic hydroxyl groups is 1. The van der Waals surface area contributed by atoms with Crippen LogP contribution in [0.2, 0.25) is 0 Å². The first-order valence-electron chi connectivity index (χ1n) is 10.7. The van der Waals surface area contributed by atoms with E-state index in [1.807, 2.05) is 36.4 Å². The smallest absolute Gasteiger partial charge is 0.120 e. The van der Waals surface area contributed by atoms with E-state index in [9.17, 15) is 10.4 Å². The van der Waals surface area contributed by atoms with E-state index in [2.05, 4.69) is 41.8 Å². The minimum absolute atomic E-state index is 0.283. The summed E-state index contributed by atoms with van der Waals surface area (Å²) < 4.78 is 0. The van der Waals surface area contributed by atoms with E-state index < -0.39 is 5.41 Å². The second kappa shape index (κ2) is 9.91. The maximum absolute atomic E-state index is 10.0. The van der Waals surface area contributed by atoms with Crippen LogP contribution in [-0.2, 0) is 12.0 Å². The van der Waals surface area contributed by atoms with Crippen LogP contribution >= 0.6 is 0 Å². The summed E-state index contributed by atoms with van der Waals surface area (Å²) >= 11 is 0. The van der Waals surface area contributed by atoms with E-state index in [-0.39, 0.29) is 5.92 Å². The van der Waals surface area contributed by atoms with Gasteiger partial charge in [0.25, 0.3) is 0 Å². The van der Waals surface area contributed by atoms with Gasteiger partial charge in [-0.05, 0) is 36.9 Å². The zero-order valence-electron chi connectivity index (χ0n) is 17.7. The van der Waals surface area contributed by atoms with Gasteiger partial charge < -0.3 is 10.0 Å². The van der Waals surface area contributed by atoms with Gasteiger partial charge in [-0.15, -0.1) is 0 Å². The third kappa shape index (κ3) is 5.18. The molecule has 0 radical (unpaired) electrons. The number of hydrogen-bond acceptors (Lipinski definition) is 4. The Morgan fingerprint density at radius 2 is 1.59 bits per heavy atom. The van der Waals surface area contributed by atoms with Crippen molar-refractivity contribution in [3.63, 3.8) is 0 Å². The minimum atomic E-state index is -0.409. The molecule has 1 fully saturated rings. The predicted octanol–water partition coefficient (Wildman–Crippen LogP) is 4.41. The van der Waals surface area contributed by atoms with Gasteiger partial charge in [0.05, 0.1) is 11.5 Å². The first-order valence-corrected chi connectivity index (χ1v) is 10.7. The quantitative estimate of drug-likeness (QED) is 0.724. The van der Waals surface area contributed by atoms with Crippen molar-refractivity contribution in [3.8, 4) is 11.8 Å². The van der Waals surface area contributed by atoms with Crippen molar-refractivity contribution in [3.05, 3.63) is 65.7 Å². The van der Waals surface area contributed by atoms with Crippen molar-refractivity contribution in [2.24, 2.45) is 5.92 Å². The Balaban J connectivity index is 1.50. The highest BCUT2D eigenvalue weighted by Crippen LogP contribution is 2.36. The van der Waals surface area contributed by atoms with Gasteiger partial charge in [0, 0.05) is 38.3 Å². The fourth-order valence-corrected chi connectivity index (χ4v) is 4.39. The van der Waals surface area contributed by atoms with Crippen LogP contribution < -0.4 is 0 Å². The van der Waals surface area contributed by atoms with E-state index in [1.54, 1.807) is 6.07 Å². The molecule has 154 valence electrons. The van der Waals surface area contributed by atoms with Crippen LogP contribution in [0.3, 0.4) is 0 Å². The molecule has 0 aliphatic carbocycles. The molecule has 0 bridgehead atoms. The lowest BCUT2D eigenvalue weighted by molar-refractivity contribution is 0.122. The monoisotopic (exact) mass is 391 g/mol. The Kier molecular flexibility index (Phi) is 7.30. The second-order valence-corrected chi connectivity index (χ2v) is 8.45. The molecule has 4 nitrogen and oxygen atoms in total. The van der Waals surface area contributed by atoms with Crippen molar-refractivity contribution in [2.75, 3.05) is 32.7 Å². The van der Waals surface area contributed by atoms with E-state index in [0.29, 0.717) is 5.75 Å². The van der Waals surface area contributed by atoms with Crippen molar-refractivity contribution < 1.29 is 5.11 Å². The number of phenols is 1. The van der Waals surface area contributed by atoms with Crippen LogP contribution in [0.4, 0.5) is 0 Å². The molecular formula is C25H33N3O. The standard InChI is InChI=1S/C25H33N3O/c1-21(2)25(20-26,23-10-4-3-5-11-23)13-8-14-27-15-17-28(18-16-27)19-22-9-6-7-12-24(22)29/h3-7,9-12,21,29H,8,13-19H2,1-2H3. The normalized spacial score (nSPS) is 17.7. The highest BCUT2D eigenvalue weighted by molar-refractivity contribution is 5.33. The molecule has 4 heteroatoms. The zero-order chi connectivity index (χ0) is 20.7. The molecule has 1 saturated heterocycles. The Bertz CT molecular complexity index is 806. The van der Waals surface area contributed by atoms with Crippen LogP contribution in [-0.4, -0.2) is 47.6 Å². The van der Waals surface area contributed by atoms with Gasteiger partial charge in [-0.1, -0.05) is 62.4 Å². The number of piperazine rings is 1. The van der Waals surface area contributed by atoms with E-state index >= 15 is 0 Å². The van der Waals surface area contributed by atoms with Crippen LogP contribution in [0.15, 0.2) is 54.6 Å². The van der Waals surface area contributed by atoms with E-state index in [1.165, 1.54) is 0 Å². The average Bonchev–Trinajstić information content (AvgIpc) is 2.74. The second-order valence-electron chi connectivity index (χ2n) is 8.45. The van der Waals surface area contributed by atoms with Gasteiger partial charge in [0.2, 0.25) is 0 Å². The van der Waals surface area contributed by atoms with Crippen molar-refractivity contribution >= 4 is 0 Å². The van der Waals surface area contributed by atoms with Crippen LogP contribution in [0.1, 0.15) is 37.8 Å². The zero-order valence-corrected chi connectivity index (χ0v) is 17.7. The highest BCUT2D eigenvalue weighted by Gasteiger charge is 2.35. The fourth-order valence-electron chi connectivity index (χ4n) is 4.39. The molecule has 29 heavy (non-hydrogen) atoms. The summed E-state index contributed by atoms with van der Waals surface area (Å²) in [4.78, 5) is 4.91. The Labute approximate surface area is 175 Å². The largest absolute Gasteiger partial charge is 0.508 e. The third-order valence-electron chi connectivity index (χ3n) is 6.37. The van der Waals surface area contributed by atoms with E-state index in [4.69, 9.17) is 0 Å². The lowest BCUT2D eigenvalue weighted by Gasteiger charge is -2.36. The molecule has 1 N–H and O–H groups in total. The first kappa shape index (κ1) is 21.4. The molecule has 0 amide bonds. The maximum Gasteiger partial charge on any atom is 0.120 e. The number of rotatable bonds is 8. The number of phenolic OH excluding ortho intramolecular Hbond substituents is 1. The van der Waals surface area contributed by atoms with E-state index in [0.717, 1.165) is 63.2 Å². The van der Waals surface area contributed by atoms with Gasteiger partial charge in [-0.3, -0.25) is 4.90 Å². The molecule has 3 rings (SSSR count). The number of benzene rings is 2. The molecule has 0 aromatic heterocycles. The Morgan fingerprint density at radius 1 is 0.966 bits per heavy atom. The molecule has 0 spiro atoms. The first-order chi connectivity index (χ1) is 14.0. The maximum atomic E-state index is 10.0. The molecule has 1 heterocycles. The summed E-state index contributed by atoms with van der Waals surface area (Å²) in [7, 11) is 0. The predicted molar refractivity (Wildman–Crippen MR) is 118 cm³/mol. The number of nitriles is 1. The molecule has 0 saturated carbocycles. The molecule has 1 atom stereocenters. The van der Waals surface area contributed by atoms with Gasteiger partial charge in [-0.2, -0.15) is 5.26 Å². The number of para-hydroxylation sites is 1. The minimum Gasteiger partial charge on any atom is -0.508 e. The Morgan fingerprint density at radius 3 is 2.21 bits per heavy atom.